The van der Waals surface area contributed by atoms with E-state index in [0.29, 0.717) is 31.1 Å². The van der Waals surface area contributed by atoms with Crippen LogP contribution in [0.1, 0.15) is 16.8 Å². The number of rotatable bonds is 3. The van der Waals surface area contributed by atoms with Crippen LogP contribution >= 0.6 is 0 Å². The summed E-state index contributed by atoms with van der Waals surface area (Å²) in [4.78, 5) is 26.2. The zero-order chi connectivity index (χ0) is 17.2. The maximum absolute atomic E-state index is 12.4. The Balaban J connectivity index is 1.63. The first-order chi connectivity index (χ1) is 12.2. The molecule has 6 heteroatoms. The average molecular weight is 334 g/mol. The molecule has 2 N–H and O–H groups in total. The SMILES string of the molecule is O=c1[nH]c(-c2cccnc2)nc2c1CCN(Cc1ccccc1O)C2. The van der Waals surface area contributed by atoms with Crippen molar-refractivity contribution in [1.82, 2.24) is 19.9 Å². The number of aromatic nitrogens is 3. The van der Waals surface area contributed by atoms with Crippen molar-refractivity contribution in [3.8, 4) is 17.1 Å². The highest BCUT2D eigenvalue weighted by Gasteiger charge is 2.22. The summed E-state index contributed by atoms with van der Waals surface area (Å²) in [5, 5.41) is 9.97. The number of benzene rings is 1. The monoisotopic (exact) mass is 334 g/mol. The molecule has 1 aromatic carbocycles. The third kappa shape index (κ3) is 3.16. The average Bonchev–Trinajstić information content (AvgIpc) is 2.64. The predicted octanol–water partition coefficient (Wildman–Crippen LogP) is 2.10. The van der Waals surface area contributed by atoms with Crippen molar-refractivity contribution >= 4 is 0 Å². The van der Waals surface area contributed by atoms with Gasteiger partial charge in [0.15, 0.2) is 0 Å². The van der Waals surface area contributed by atoms with Crippen LogP contribution in [0.25, 0.3) is 11.4 Å². The Hall–Kier alpha value is -2.99. The number of pyridine rings is 1. The maximum Gasteiger partial charge on any atom is 0.254 e. The molecule has 0 radical (unpaired) electrons. The van der Waals surface area contributed by atoms with E-state index in [1.54, 1.807) is 18.5 Å². The molecule has 0 amide bonds. The first-order valence-electron chi connectivity index (χ1n) is 8.22. The molecule has 0 bridgehead atoms. The number of hydrogen-bond acceptors (Lipinski definition) is 5. The summed E-state index contributed by atoms with van der Waals surface area (Å²) in [5.74, 6) is 0.837. The van der Waals surface area contributed by atoms with Crippen LogP contribution in [0.4, 0.5) is 0 Å². The molecule has 0 unspecified atom stereocenters. The second-order valence-corrected chi connectivity index (χ2v) is 6.17. The highest BCUT2D eigenvalue weighted by Crippen LogP contribution is 2.22. The third-order valence-corrected chi connectivity index (χ3v) is 4.47. The van der Waals surface area contributed by atoms with Gasteiger partial charge in [0.25, 0.3) is 5.56 Å². The zero-order valence-electron chi connectivity index (χ0n) is 13.6. The molecule has 2 aromatic heterocycles. The molecule has 0 fully saturated rings. The summed E-state index contributed by atoms with van der Waals surface area (Å²) in [7, 11) is 0. The second-order valence-electron chi connectivity index (χ2n) is 6.17. The first kappa shape index (κ1) is 15.5. The van der Waals surface area contributed by atoms with Gasteiger partial charge in [-0.1, -0.05) is 18.2 Å². The molecule has 126 valence electrons. The number of hydrogen-bond donors (Lipinski definition) is 2. The molecule has 0 spiro atoms. The molecule has 0 saturated carbocycles. The predicted molar refractivity (Wildman–Crippen MR) is 94.0 cm³/mol. The van der Waals surface area contributed by atoms with Gasteiger partial charge >= 0.3 is 0 Å². The quantitative estimate of drug-likeness (QED) is 0.766. The van der Waals surface area contributed by atoms with Crippen LogP contribution < -0.4 is 5.56 Å². The Kier molecular flexibility index (Phi) is 4.03. The Morgan fingerprint density at radius 1 is 1.20 bits per heavy atom. The van der Waals surface area contributed by atoms with Crippen molar-refractivity contribution in [2.24, 2.45) is 0 Å². The lowest BCUT2D eigenvalue weighted by Crippen LogP contribution is -2.35. The fraction of sp³-hybridized carbons (Fsp3) is 0.211. The highest BCUT2D eigenvalue weighted by atomic mass is 16.3. The minimum atomic E-state index is -0.0777. The van der Waals surface area contributed by atoms with E-state index in [0.717, 1.165) is 28.9 Å². The minimum Gasteiger partial charge on any atom is -0.508 e. The molecule has 1 aliphatic rings. The van der Waals surface area contributed by atoms with Crippen molar-refractivity contribution in [1.29, 1.82) is 0 Å². The van der Waals surface area contributed by atoms with Gasteiger partial charge in [0, 0.05) is 48.7 Å². The lowest BCUT2D eigenvalue weighted by Gasteiger charge is -2.28. The largest absolute Gasteiger partial charge is 0.508 e. The fourth-order valence-electron chi connectivity index (χ4n) is 3.15. The van der Waals surface area contributed by atoms with Crippen molar-refractivity contribution in [2.75, 3.05) is 6.54 Å². The Bertz CT molecular complexity index is 953. The number of H-pyrrole nitrogens is 1. The molecular formula is C19H18N4O2. The normalized spacial score (nSPS) is 14.2. The summed E-state index contributed by atoms with van der Waals surface area (Å²) in [6, 6.07) is 11.0. The van der Waals surface area contributed by atoms with Crippen LogP contribution in [0.15, 0.2) is 53.6 Å². The molecule has 0 saturated heterocycles. The molecular weight excluding hydrogens is 316 g/mol. The van der Waals surface area contributed by atoms with Gasteiger partial charge in [-0.25, -0.2) is 4.98 Å². The summed E-state index contributed by atoms with van der Waals surface area (Å²) in [6.45, 7) is 1.97. The first-order valence-corrected chi connectivity index (χ1v) is 8.22. The topological polar surface area (TPSA) is 82.1 Å². The van der Waals surface area contributed by atoms with E-state index >= 15 is 0 Å². The molecule has 0 atom stereocenters. The summed E-state index contributed by atoms with van der Waals surface area (Å²) in [5.41, 5.74) is 3.14. The van der Waals surface area contributed by atoms with Crippen LogP contribution in [0.2, 0.25) is 0 Å². The zero-order valence-corrected chi connectivity index (χ0v) is 13.6. The number of fused-ring (bicyclic) bond motifs is 1. The van der Waals surface area contributed by atoms with Gasteiger partial charge in [-0.2, -0.15) is 0 Å². The van der Waals surface area contributed by atoms with E-state index in [-0.39, 0.29) is 5.56 Å². The minimum absolute atomic E-state index is 0.0777. The summed E-state index contributed by atoms with van der Waals surface area (Å²) >= 11 is 0. The van der Waals surface area contributed by atoms with E-state index in [2.05, 4.69) is 19.9 Å². The van der Waals surface area contributed by atoms with Crippen LogP contribution in [-0.2, 0) is 19.5 Å². The Morgan fingerprint density at radius 3 is 2.88 bits per heavy atom. The van der Waals surface area contributed by atoms with Crippen molar-refractivity contribution in [3.05, 3.63) is 76.0 Å². The van der Waals surface area contributed by atoms with Crippen LogP contribution in [0.3, 0.4) is 0 Å². The number of para-hydroxylation sites is 1. The Labute approximate surface area is 144 Å². The van der Waals surface area contributed by atoms with Crippen LogP contribution in [0, 0.1) is 0 Å². The van der Waals surface area contributed by atoms with Gasteiger partial charge in [-0.05, 0) is 24.6 Å². The van der Waals surface area contributed by atoms with Gasteiger partial charge in [0.2, 0.25) is 0 Å². The smallest absolute Gasteiger partial charge is 0.254 e. The number of aromatic hydroxyl groups is 1. The molecule has 0 aliphatic carbocycles. The van der Waals surface area contributed by atoms with Gasteiger partial charge in [0.05, 0.1) is 5.69 Å². The lowest BCUT2D eigenvalue weighted by atomic mass is 10.0. The molecule has 25 heavy (non-hydrogen) atoms. The summed E-state index contributed by atoms with van der Waals surface area (Å²) < 4.78 is 0. The highest BCUT2D eigenvalue weighted by molar-refractivity contribution is 5.53. The lowest BCUT2D eigenvalue weighted by molar-refractivity contribution is 0.237. The number of aromatic amines is 1. The number of phenols is 1. The molecule has 4 rings (SSSR count). The maximum atomic E-state index is 12.4. The fourth-order valence-corrected chi connectivity index (χ4v) is 3.15. The number of nitrogens with one attached hydrogen (secondary N) is 1. The van der Waals surface area contributed by atoms with Crippen LogP contribution in [0.5, 0.6) is 5.75 Å². The second kappa shape index (κ2) is 6.49. The molecule has 1 aliphatic heterocycles. The van der Waals surface area contributed by atoms with Crippen molar-refractivity contribution in [3.63, 3.8) is 0 Å². The van der Waals surface area contributed by atoms with E-state index < -0.39 is 0 Å². The van der Waals surface area contributed by atoms with Gasteiger partial charge in [0.1, 0.15) is 11.6 Å². The van der Waals surface area contributed by atoms with Gasteiger partial charge in [-0.3, -0.25) is 14.7 Å². The van der Waals surface area contributed by atoms with E-state index in [4.69, 9.17) is 0 Å². The Morgan fingerprint density at radius 2 is 2.08 bits per heavy atom. The van der Waals surface area contributed by atoms with E-state index in [1.165, 1.54) is 0 Å². The number of nitrogens with zero attached hydrogens (tertiary/aromatic N) is 3. The molecule has 3 heterocycles. The summed E-state index contributed by atoms with van der Waals surface area (Å²) in [6.07, 6.45) is 4.03. The van der Waals surface area contributed by atoms with Crippen LogP contribution in [-0.4, -0.2) is 31.5 Å². The van der Waals surface area contributed by atoms with Crippen molar-refractivity contribution in [2.45, 2.75) is 19.5 Å². The van der Waals surface area contributed by atoms with E-state index in [1.807, 2.05) is 30.3 Å². The van der Waals surface area contributed by atoms with Gasteiger partial charge in [-0.15, -0.1) is 0 Å². The molecule has 3 aromatic rings. The number of phenolic OH excluding ortho intramolecular Hbond substituents is 1. The van der Waals surface area contributed by atoms with Gasteiger partial charge < -0.3 is 10.1 Å². The van der Waals surface area contributed by atoms with Crippen molar-refractivity contribution < 1.29 is 5.11 Å². The standard InChI is InChI=1S/C19H18N4O2/c24-17-6-2-1-4-14(17)11-23-9-7-15-16(12-23)21-18(22-19(15)25)13-5-3-8-20-10-13/h1-6,8,10,24H,7,9,11-12H2,(H,21,22,25). The molecule has 6 nitrogen and oxygen atoms in total. The van der Waals surface area contributed by atoms with E-state index in [9.17, 15) is 9.90 Å². The third-order valence-electron chi connectivity index (χ3n) is 4.47.